The van der Waals surface area contributed by atoms with Crippen LogP contribution in [0, 0.1) is 13.8 Å². The second-order valence-electron chi connectivity index (χ2n) is 7.11. The van der Waals surface area contributed by atoms with Gasteiger partial charge in [0.2, 0.25) is 0 Å². The normalized spacial score (nSPS) is 15.6. The van der Waals surface area contributed by atoms with Crippen molar-refractivity contribution in [2.45, 2.75) is 18.1 Å². The van der Waals surface area contributed by atoms with Crippen LogP contribution in [-0.2, 0) is 10.0 Å². The standard InChI is InChI=1S/C20H22N4O3S2/c1-14-3-5-17(15(2)13-14)23-9-11-24(12-10-23)29(26,27)20-8-6-18(28-20)16-4-7-19(25)22-21-16/h3-8,13H,9-12H2,1-2H3,(H,22,25). The van der Waals surface area contributed by atoms with E-state index in [1.807, 2.05) is 0 Å². The third kappa shape index (κ3) is 3.98. The molecule has 0 saturated carbocycles. The van der Waals surface area contributed by atoms with E-state index in [2.05, 4.69) is 47.1 Å². The molecule has 0 spiro atoms. The molecule has 3 aromatic rings. The fourth-order valence-electron chi connectivity index (χ4n) is 3.53. The summed E-state index contributed by atoms with van der Waals surface area (Å²) in [5, 5.41) is 6.35. The first kappa shape index (κ1) is 19.8. The molecule has 0 bridgehead atoms. The monoisotopic (exact) mass is 430 g/mol. The lowest BCUT2D eigenvalue weighted by molar-refractivity contribution is 0.385. The molecule has 1 fully saturated rings. The molecule has 0 radical (unpaired) electrons. The molecule has 0 atom stereocenters. The summed E-state index contributed by atoms with van der Waals surface area (Å²) < 4.78 is 28.0. The minimum absolute atomic E-state index is 0.292. The number of aromatic nitrogens is 2. The molecule has 9 heteroatoms. The van der Waals surface area contributed by atoms with E-state index in [1.165, 1.54) is 28.5 Å². The minimum atomic E-state index is -3.55. The molecule has 152 valence electrons. The zero-order valence-electron chi connectivity index (χ0n) is 16.3. The van der Waals surface area contributed by atoms with E-state index < -0.39 is 10.0 Å². The molecule has 1 N–H and O–H groups in total. The van der Waals surface area contributed by atoms with Crippen molar-refractivity contribution >= 4 is 27.0 Å². The van der Waals surface area contributed by atoms with Gasteiger partial charge in [-0.1, -0.05) is 17.7 Å². The highest BCUT2D eigenvalue weighted by molar-refractivity contribution is 7.91. The first-order valence-corrected chi connectivity index (χ1v) is 11.6. The third-order valence-corrected chi connectivity index (χ3v) is 8.51. The van der Waals surface area contributed by atoms with Crippen molar-refractivity contribution in [1.82, 2.24) is 14.5 Å². The predicted octanol–water partition coefficient (Wildman–Crippen LogP) is 2.63. The summed E-state index contributed by atoms with van der Waals surface area (Å²) in [6.07, 6.45) is 0. The number of hydrogen-bond donors (Lipinski definition) is 1. The predicted molar refractivity (Wildman–Crippen MR) is 115 cm³/mol. The number of benzene rings is 1. The largest absolute Gasteiger partial charge is 0.369 e. The van der Waals surface area contributed by atoms with E-state index in [0.29, 0.717) is 41.0 Å². The molecule has 0 amide bonds. The molecule has 1 aliphatic rings. The van der Waals surface area contributed by atoms with Gasteiger partial charge in [-0.3, -0.25) is 4.79 Å². The molecule has 1 aliphatic heterocycles. The Morgan fingerprint density at radius 2 is 1.76 bits per heavy atom. The summed E-state index contributed by atoms with van der Waals surface area (Å²) in [5.74, 6) is 0. The first-order valence-electron chi connectivity index (χ1n) is 9.33. The second-order valence-corrected chi connectivity index (χ2v) is 10.4. The van der Waals surface area contributed by atoms with Crippen LogP contribution in [-0.4, -0.2) is 49.1 Å². The summed E-state index contributed by atoms with van der Waals surface area (Å²) in [5.41, 5.74) is 3.85. The summed E-state index contributed by atoms with van der Waals surface area (Å²) in [6, 6.07) is 12.6. The zero-order valence-corrected chi connectivity index (χ0v) is 17.9. The fraction of sp³-hybridized carbons (Fsp3) is 0.300. The molecule has 7 nitrogen and oxygen atoms in total. The lowest BCUT2D eigenvalue weighted by Crippen LogP contribution is -2.48. The molecule has 1 saturated heterocycles. The molecule has 4 rings (SSSR count). The maximum absolute atomic E-state index is 13.1. The first-order chi connectivity index (χ1) is 13.8. The van der Waals surface area contributed by atoms with Gasteiger partial charge in [-0.25, -0.2) is 13.5 Å². The van der Waals surface area contributed by atoms with Crippen LogP contribution in [0.25, 0.3) is 10.6 Å². The number of hydrogen-bond acceptors (Lipinski definition) is 6. The van der Waals surface area contributed by atoms with Gasteiger partial charge in [0.1, 0.15) is 9.90 Å². The molecule has 0 unspecified atom stereocenters. The van der Waals surface area contributed by atoms with Crippen LogP contribution < -0.4 is 10.5 Å². The average Bonchev–Trinajstić information content (AvgIpc) is 3.20. The second kappa shape index (κ2) is 7.74. The summed E-state index contributed by atoms with van der Waals surface area (Å²) in [4.78, 5) is 14.1. The fourth-order valence-corrected chi connectivity index (χ4v) is 6.39. The highest BCUT2D eigenvalue weighted by Crippen LogP contribution is 2.32. The molecular formula is C20H22N4O3S2. The van der Waals surface area contributed by atoms with Gasteiger partial charge in [0, 0.05) is 37.9 Å². The maximum Gasteiger partial charge on any atom is 0.264 e. The van der Waals surface area contributed by atoms with Crippen molar-refractivity contribution in [3.05, 3.63) is 63.9 Å². The number of nitrogens with zero attached hydrogens (tertiary/aromatic N) is 3. The number of sulfonamides is 1. The number of piperazine rings is 1. The van der Waals surface area contributed by atoms with Crippen LogP contribution in [0.1, 0.15) is 11.1 Å². The Morgan fingerprint density at radius 1 is 1.00 bits per heavy atom. The smallest absolute Gasteiger partial charge is 0.264 e. The van der Waals surface area contributed by atoms with Crippen LogP contribution in [0.2, 0.25) is 0 Å². The Labute approximate surface area is 173 Å². The number of H-pyrrole nitrogens is 1. The van der Waals surface area contributed by atoms with Gasteiger partial charge in [-0.15, -0.1) is 11.3 Å². The SMILES string of the molecule is Cc1ccc(N2CCN(S(=O)(=O)c3ccc(-c4ccc(=O)[nH]n4)s3)CC2)c(C)c1. The van der Waals surface area contributed by atoms with Crippen LogP contribution >= 0.6 is 11.3 Å². The van der Waals surface area contributed by atoms with E-state index >= 15 is 0 Å². The topological polar surface area (TPSA) is 86.4 Å². The Hall–Kier alpha value is -2.49. The van der Waals surface area contributed by atoms with Gasteiger partial charge in [0.15, 0.2) is 0 Å². The Morgan fingerprint density at radius 3 is 2.41 bits per heavy atom. The molecule has 1 aromatic carbocycles. The minimum Gasteiger partial charge on any atom is -0.369 e. The molecule has 2 aromatic heterocycles. The number of aryl methyl sites for hydroxylation is 2. The van der Waals surface area contributed by atoms with Crippen molar-refractivity contribution in [3.8, 4) is 10.6 Å². The van der Waals surface area contributed by atoms with Gasteiger partial charge in [-0.2, -0.15) is 9.40 Å². The van der Waals surface area contributed by atoms with Gasteiger partial charge >= 0.3 is 0 Å². The highest BCUT2D eigenvalue weighted by atomic mass is 32.2. The summed E-state index contributed by atoms with van der Waals surface area (Å²) in [6.45, 7) is 6.36. The highest BCUT2D eigenvalue weighted by Gasteiger charge is 2.30. The van der Waals surface area contributed by atoms with E-state index in [1.54, 1.807) is 22.5 Å². The maximum atomic E-state index is 13.1. The summed E-state index contributed by atoms with van der Waals surface area (Å²) in [7, 11) is -3.55. The van der Waals surface area contributed by atoms with E-state index in [9.17, 15) is 13.2 Å². The lowest BCUT2D eigenvalue weighted by Gasteiger charge is -2.36. The number of aromatic amines is 1. The quantitative estimate of drug-likeness (QED) is 0.688. The molecule has 29 heavy (non-hydrogen) atoms. The van der Waals surface area contributed by atoms with Gasteiger partial charge < -0.3 is 4.90 Å². The van der Waals surface area contributed by atoms with Crippen molar-refractivity contribution in [2.24, 2.45) is 0 Å². The third-order valence-electron chi connectivity index (χ3n) is 5.04. The van der Waals surface area contributed by atoms with Gasteiger partial charge in [0.25, 0.3) is 15.6 Å². The number of nitrogens with one attached hydrogen (secondary N) is 1. The number of anilines is 1. The summed E-state index contributed by atoms with van der Waals surface area (Å²) >= 11 is 1.17. The Balaban J connectivity index is 1.49. The number of thiophene rings is 1. The van der Waals surface area contributed by atoms with Crippen LogP contribution in [0.5, 0.6) is 0 Å². The van der Waals surface area contributed by atoms with Crippen molar-refractivity contribution < 1.29 is 8.42 Å². The number of rotatable bonds is 4. The lowest BCUT2D eigenvalue weighted by atomic mass is 10.1. The van der Waals surface area contributed by atoms with Crippen LogP contribution in [0.4, 0.5) is 5.69 Å². The van der Waals surface area contributed by atoms with Crippen molar-refractivity contribution in [1.29, 1.82) is 0 Å². The van der Waals surface area contributed by atoms with E-state index in [4.69, 9.17) is 0 Å². The van der Waals surface area contributed by atoms with Gasteiger partial charge in [-0.05, 0) is 43.7 Å². The van der Waals surface area contributed by atoms with Crippen LogP contribution in [0.3, 0.4) is 0 Å². The van der Waals surface area contributed by atoms with E-state index in [0.717, 1.165) is 5.69 Å². The van der Waals surface area contributed by atoms with Crippen molar-refractivity contribution in [3.63, 3.8) is 0 Å². The molecular weight excluding hydrogens is 408 g/mol. The van der Waals surface area contributed by atoms with Crippen LogP contribution in [0.15, 0.2) is 51.5 Å². The van der Waals surface area contributed by atoms with Gasteiger partial charge in [0.05, 0.1) is 4.88 Å². The molecule has 0 aliphatic carbocycles. The van der Waals surface area contributed by atoms with E-state index in [-0.39, 0.29) is 5.56 Å². The zero-order chi connectivity index (χ0) is 20.6. The average molecular weight is 431 g/mol. The Bertz CT molecular complexity index is 1170. The molecule has 3 heterocycles. The Kier molecular flexibility index (Phi) is 5.28. The van der Waals surface area contributed by atoms with Crippen molar-refractivity contribution in [2.75, 3.05) is 31.1 Å².